The molecule has 2 heteroatoms. The molecule has 0 bridgehead atoms. The summed E-state index contributed by atoms with van der Waals surface area (Å²) in [5.74, 6) is 1.04. The zero-order chi connectivity index (χ0) is 14.6. The van der Waals surface area contributed by atoms with E-state index in [2.05, 4.69) is 13.8 Å². The van der Waals surface area contributed by atoms with Crippen LogP contribution in [0, 0.1) is 5.92 Å². The van der Waals surface area contributed by atoms with Crippen LogP contribution in [0.1, 0.15) is 57.9 Å². The van der Waals surface area contributed by atoms with Gasteiger partial charge in [-0.25, -0.2) is 0 Å². The number of unbranched alkanes of at least 4 members (excludes halogenated alkanes) is 3. The minimum absolute atomic E-state index is 0.327. The summed E-state index contributed by atoms with van der Waals surface area (Å²) in [6, 6.07) is 7.39. The van der Waals surface area contributed by atoms with Crippen molar-refractivity contribution in [2.45, 2.75) is 58.8 Å². The quantitative estimate of drug-likeness (QED) is 0.580. The number of hydrogen-bond donors (Lipinski definition) is 1. The molecule has 0 aliphatic heterocycles. The normalized spacial score (nSPS) is 12.5. The van der Waals surface area contributed by atoms with Gasteiger partial charge in [0, 0.05) is 6.61 Å². The molecule has 0 aliphatic carbocycles. The van der Waals surface area contributed by atoms with Crippen molar-refractivity contribution >= 4 is 0 Å². The Labute approximate surface area is 124 Å². The molecule has 1 aromatic rings. The summed E-state index contributed by atoms with van der Waals surface area (Å²) in [4.78, 5) is 0. The predicted octanol–water partition coefficient (Wildman–Crippen LogP) is 4.95. The molecular formula is C18H30O2. The summed E-state index contributed by atoms with van der Waals surface area (Å²) in [6.07, 6.45) is 8.81. The molecule has 0 amide bonds. The van der Waals surface area contributed by atoms with Crippen LogP contribution in [0.3, 0.4) is 0 Å². The molecular weight excluding hydrogens is 248 g/mol. The third kappa shape index (κ3) is 7.54. The number of rotatable bonds is 11. The van der Waals surface area contributed by atoms with Crippen LogP contribution in [0.4, 0.5) is 0 Å². The molecule has 1 rings (SSSR count). The van der Waals surface area contributed by atoms with Crippen molar-refractivity contribution in [3.05, 3.63) is 29.8 Å². The third-order valence-corrected chi connectivity index (χ3v) is 3.87. The Kier molecular flexibility index (Phi) is 9.14. The molecule has 0 radical (unpaired) electrons. The summed E-state index contributed by atoms with van der Waals surface area (Å²) in [5.41, 5.74) is 1.22. The zero-order valence-electron chi connectivity index (χ0n) is 13.1. The molecule has 1 N–H and O–H groups in total. The lowest BCUT2D eigenvalue weighted by atomic mass is 9.99. The molecule has 0 fully saturated rings. The van der Waals surface area contributed by atoms with Crippen molar-refractivity contribution in [3.8, 4) is 5.75 Å². The van der Waals surface area contributed by atoms with E-state index in [-0.39, 0.29) is 0 Å². The second kappa shape index (κ2) is 10.7. The van der Waals surface area contributed by atoms with Gasteiger partial charge in [-0.05, 0) is 36.5 Å². The van der Waals surface area contributed by atoms with Crippen LogP contribution in [0.2, 0.25) is 0 Å². The molecule has 0 aromatic heterocycles. The van der Waals surface area contributed by atoms with Gasteiger partial charge in [0.05, 0.1) is 6.61 Å². The van der Waals surface area contributed by atoms with Gasteiger partial charge in [0.1, 0.15) is 5.75 Å². The Balaban J connectivity index is 2.10. The molecule has 0 aliphatic rings. The molecule has 2 nitrogen and oxygen atoms in total. The summed E-state index contributed by atoms with van der Waals surface area (Å²) < 4.78 is 5.82. The lowest BCUT2D eigenvalue weighted by Crippen LogP contribution is -2.10. The van der Waals surface area contributed by atoms with Gasteiger partial charge in [0.15, 0.2) is 0 Å². The number of benzene rings is 1. The summed E-state index contributed by atoms with van der Waals surface area (Å²) in [6.45, 7) is 6.18. The fraction of sp³-hybridized carbons (Fsp3) is 0.667. The van der Waals surface area contributed by atoms with Gasteiger partial charge in [-0.15, -0.1) is 0 Å². The van der Waals surface area contributed by atoms with Crippen molar-refractivity contribution < 1.29 is 9.84 Å². The Bertz CT molecular complexity index is 332. The Morgan fingerprint density at radius 3 is 2.45 bits per heavy atom. The predicted molar refractivity (Wildman–Crippen MR) is 85.2 cm³/mol. The number of phenolic OH excluding ortho intramolecular Hbond substituents is 1. The van der Waals surface area contributed by atoms with Crippen LogP contribution in [-0.4, -0.2) is 18.3 Å². The van der Waals surface area contributed by atoms with Crippen molar-refractivity contribution in [2.24, 2.45) is 5.92 Å². The fourth-order valence-corrected chi connectivity index (χ4v) is 2.37. The lowest BCUT2D eigenvalue weighted by Gasteiger charge is -2.15. The first-order valence-corrected chi connectivity index (χ1v) is 8.11. The highest BCUT2D eigenvalue weighted by molar-refractivity contribution is 5.25. The Morgan fingerprint density at radius 2 is 1.80 bits per heavy atom. The first-order chi connectivity index (χ1) is 9.76. The van der Waals surface area contributed by atoms with Gasteiger partial charge in [-0.3, -0.25) is 0 Å². The molecule has 114 valence electrons. The SMILES string of the molecule is CCCCCCC(CC)COCCc1ccc(O)cc1. The molecule has 0 saturated heterocycles. The van der Waals surface area contributed by atoms with Gasteiger partial charge >= 0.3 is 0 Å². The molecule has 0 saturated carbocycles. The number of phenols is 1. The van der Waals surface area contributed by atoms with Crippen LogP contribution in [0.5, 0.6) is 5.75 Å². The Morgan fingerprint density at radius 1 is 1.05 bits per heavy atom. The van der Waals surface area contributed by atoms with E-state index >= 15 is 0 Å². The maximum Gasteiger partial charge on any atom is 0.115 e. The van der Waals surface area contributed by atoms with Crippen molar-refractivity contribution in [2.75, 3.05) is 13.2 Å². The van der Waals surface area contributed by atoms with Crippen LogP contribution in [0.15, 0.2) is 24.3 Å². The van der Waals surface area contributed by atoms with E-state index in [0.717, 1.165) is 19.6 Å². The number of aromatic hydroxyl groups is 1. The average Bonchev–Trinajstić information content (AvgIpc) is 2.47. The number of hydrogen-bond acceptors (Lipinski definition) is 2. The van der Waals surface area contributed by atoms with Gasteiger partial charge in [-0.1, -0.05) is 58.1 Å². The molecule has 1 aromatic carbocycles. The van der Waals surface area contributed by atoms with E-state index in [1.807, 2.05) is 12.1 Å². The highest BCUT2D eigenvalue weighted by Gasteiger charge is 2.06. The molecule has 0 spiro atoms. The van der Waals surface area contributed by atoms with E-state index in [9.17, 15) is 5.11 Å². The van der Waals surface area contributed by atoms with Crippen LogP contribution in [-0.2, 0) is 11.2 Å². The summed E-state index contributed by atoms with van der Waals surface area (Å²) >= 11 is 0. The van der Waals surface area contributed by atoms with E-state index in [4.69, 9.17) is 4.74 Å². The van der Waals surface area contributed by atoms with Gasteiger partial charge in [0.2, 0.25) is 0 Å². The minimum atomic E-state index is 0.327. The molecule has 20 heavy (non-hydrogen) atoms. The maximum atomic E-state index is 9.22. The van der Waals surface area contributed by atoms with E-state index in [0.29, 0.717) is 11.7 Å². The van der Waals surface area contributed by atoms with E-state index in [1.165, 1.54) is 44.1 Å². The van der Waals surface area contributed by atoms with E-state index < -0.39 is 0 Å². The number of ether oxygens (including phenoxy) is 1. The molecule has 1 unspecified atom stereocenters. The van der Waals surface area contributed by atoms with Crippen LogP contribution in [0.25, 0.3) is 0 Å². The average molecular weight is 278 g/mol. The van der Waals surface area contributed by atoms with Crippen LogP contribution >= 0.6 is 0 Å². The second-order valence-corrected chi connectivity index (χ2v) is 5.61. The lowest BCUT2D eigenvalue weighted by molar-refractivity contribution is 0.0961. The highest BCUT2D eigenvalue weighted by Crippen LogP contribution is 2.15. The molecule has 0 heterocycles. The Hall–Kier alpha value is -1.02. The van der Waals surface area contributed by atoms with Gasteiger partial charge in [-0.2, -0.15) is 0 Å². The summed E-state index contributed by atoms with van der Waals surface area (Å²) in [5, 5.41) is 9.22. The third-order valence-electron chi connectivity index (χ3n) is 3.87. The topological polar surface area (TPSA) is 29.5 Å². The minimum Gasteiger partial charge on any atom is -0.508 e. The van der Waals surface area contributed by atoms with Gasteiger partial charge in [0.25, 0.3) is 0 Å². The molecule has 1 atom stereocenters. The van der Waals surface area contributed by atoms with Crippen molar-refractivity contribution in [1.29, 1.82) is 0 Å². The highest BCUT2D eigenvalue weighted by atomic mass is 16.5. The summed E-state index contributed by atoms with van der Waals surface area (Å²) in [7, 11) is 0. The fourth-order valence-electron chi connectivity index (χ4n) is 2.37. The first-order valence-electron chi connectivity index (χ1n) is 8.11. The monoisotopic (exact) mass is 278 g/mol. The smallest absolute Gasteiger partial charge is 0.115 e. The van der Waals surface area contributed by atoms with Crippen molar-refractivity contribution in [3.63, 3.8) is 0 Å². The standard InChI is InChI=1S/C18H30O2/c1-3-5-6-7-8-16(4-2)15-20-14-13-17-9-11-18(19)12-10-17/h9-12,16,19H,3-8,13-15H2,1-2H3. The van der Waals surface area contributed by atoms with Crippen molar-refractivity contribution in [1.82, 2.24) is 0 Å². The zero-order valence-corrected chi connectivity index (χ0v) is 13.1. The first kappa shape index (κ1) is 17.0. The maximum absolute atomic E-state index is 9.22. The largest absolute Gasteiger partial charge is 0.508 e. The van der Waals surface area contributed by atoms with E-state index in [1.54, 1.807) is 12.1 Å². The second-order valence-electron chi connectivity index (χ2n) is 5.61. The van der Waals surface area contributed by atoms with Gasteiger partial charge < -0.3 is 9.84 Å². The van der Waals surface area contributed by atoms with Crippen LogP contribution < -0.4 is 0 Å².